The average Bonchev–Trinajstić information content (AvgIpc) is 2.09. The lowest BCUT2D eigenvalue weighted by molar-refractivity contribution is -0.155. The first-order valence-electron chi connectivity index (χ1n) is 3.82. The number of halogens is 5. The Morgan fingerprint density at radius 2 is 1.87 bits per heavy atom. The van der Waals surface area contributed by atoms with Crippen LogP contribution in [0.4, 0.5) is 22.0 Å². The quantitative estimate of drug-likeness (QED) is 0.217. The van der Waals surface area contributed by atoms with E-state index in [9.17, 15) is 22.0 Å². The molecule has 0 rings (SSSR count). The molecule has 1 unspecified atom stereocenters. The largest absolute Gasteiger partial charge is 0.409 e. The van der Waals surface area contributed by atoms with Crippen LogP contribution >= 0.6 is 0 Å². The van der Waals surface area contributed by atoms with E-state index in [0.717, 1.165) is 0 Å². The first kappa shape index (κ1) is 13.9. The monoisotopic (exact) mass is 235 g/mol. The highest BCUT2D eigenvalue weighted by atomic mass is 19.4. The summed E-state index contributed by atoms with van der Waals surface area (Å²) in [6, 6.07) is 0. The van der Waals surface area contributed by atoms with Crippen molar-refractivity contribution in [2.45, 2.75) is 12.6 Å². The maximum atomic E-state index is 12.2. The highest BCUT2D eigenvalue weighted by Gasteiger charge is 2.42. The molecule has 1 atom stereocenters. The predicted octanol–water partition coefficient (Wildman–Crippen LogP) is 0.766. The summed E-state index contributed by atoms with van der Waals surface area (Å²) in [6.07, 6.45) is -7.50. The van der Waals surface area contributed by atoms with E-state index in [-0.39, 0.29) is 0 Å². The molecule has 0 amide bonds. The number of hydrogen-bond acceptors (Lipinski definition) is 3. The van der Waals surface area contributed by atoms with Crippen molar-refractivity contribution in [3.63, 3.8) is 0 Å². The van der Waals surface area contributed by atoms with Crippen LogP contribution in [-0.4, -0.2) is 36.7 Å². The minimum absolute atomic E-state index is 0.857. The van der Waals surface area contributed by atoms with Crippen LogP contribution in [0, 0.1) is 5.92 Å². The topological polar surface area (TPSA) is 70.6 Å². The van der Waals surface area contributed by atoms with Crippen molar-refractivity contribution in [1.82, 2.24) is 5.32 Å². The summed E-state index contributed by atoms with van der Waals surface area (Å²) in [4.78, 5) is 0. The van der Waals surface area contributed by atoms with Gasteiger partial charge in [-0.3, -0.25) is 0 Å². The molecule has 0 aliphatic carbocycles. The van der Waals surface area contributed by atoms with Crippen molar-refractivity contribution in [2.75, 3.05) is 13.1 Å². The summed E-state index contributed by atoms with van der Waals surface area (Å²) in [7, 11) is 0. The van der Waals surface area contributed by atoms with Crippen LogP contribution in [0.25, 0.3) is 0 Å². The maximum Gasteiger partial charge on any atom is 0.400 e. The Bertz CT molecular complexity index is 217. The summed E-state index contributed by atoms with van der Waals surface area (Å²) in [6.45, 7) is -1.74. The third kappa shape index (κ3) is 5.35. The molecule has 0 spiro atoms. The molecule has 15 heavy (non-hydrogen) atoms. The fourth-order valence-corrected chi connectivity index (χ4v) is 0.794. The minimum Gasteiger partial charge on any atom is -0.409 e. The van der Waals surface area contributed by atoms with E-state index in [1.54, 1.807) is 0 Å². The molecule has 0 radical (unpaired) electrons. The Morgan fingerprint density at radius 3 is 2.20 bits per heavy atom. The van der Waals surface area contributed by atoms with E-state index in [1.807, 2.05) is 5.32 Å². The molecule has 0 heterocycles. The second-order valence-corrected chi connectivity index (χ2v) is 2.67. The fraction of sp³-hybridized carbons (Fsp3) is 0.833. The van der Waals surface area contributed by atoms with Gasteiger partial charge in [-0.2, -0.15) is 13.2 Å². The molecule has 0 saturated heterocycles. The zero-order valence-electron chi connectivity index (χ0n) is 7.43. The van der Waals surface area contributed by atoms with Crippen molar-refractivity contribution < 1.29 is 27.2 Å². The van der Waals surface area contributed by atoms with Gasteiger partial charge in [0.15, 0.2) is 5.84 Å². The van der Waals surface area contributed by atoms with Gasteiger partial charge >= 0.3 is 6.18 Å². The molecular weight excluding hydrogens is 225 g/mol. The van der Waals surface area contributed by atoms with Crippen LogP contribution in [-0.2, 0) is 0 Å². The van der Waals surface area contributed by atoms with E-state index in [4.69, 9.17) is 10.9 Å². The molecule has 0 aliphatic heterocycles. The van der Waals surface area contributed by atoms with Gasteiger partial charge in [-0.15, -0.1) is 0 Å². The summed E-state index contributed by atoms with van der Waals surface area (Å²) < 4.78 is 59.8. The molecule has 0 aromatic heterocycles. The molecule has 0 bridgehead atoms. The average molecular weight is 235 g/mol. The number of oxime groups is 1. The Balaban J connectivity index is 4.28. The lowest BCUT2D eigenvalue weighted by atomic mass is 10.1. The molecule has 90 valence electrons. The van der Waals surface area contributed by atoms with Gasteiger partial charge in [0, 0.05) is 6.54 Å². The van der Waals surface area contributed by atoms with Gasteiger partial charge in [0.05, 0.1) is 6.54 Å². The van der Waals surface area contributed by atoms with E-state index >= 15 is 0 Å². The van der Waals surface area contributed by atoms with Crippen LogP contribution in [0.5, 0.6) is 0 Å². The molecule has 0 fully saturated rings. The zero-order chi connectivity index (χ0) is 12.1. The molecule has 0 saturated carbocycles. The van der Waals surface area contributed by atoms with Gasteiger partial charge in [-0.05, 0) is 0 Å². The molecule has 4 nitrogen and oxygen atoms in total. The number of nitrogens with zero attached hydrogens (tertiary/aromatic N) is 1. The fourth-order valence-electron chi connectivity index (χ4n) is 0.794. The lowest BCUT2D eigenvalue weighted by Crippen LogP contribution is -2.43. The van der Waals surface area contributed by atoms with Gasteiger partial charge in [-0.25, -0.2) is 8.78 Å². The van der Waals surface area contributed by atoms with Crippen LogP contribution in [0.15, 0.2) is 5.16 Å². The SMILES string of the molecule is NC(=NO)C(CNCC(F)F)C(F)(F)F. The van der Waals surface area contributed by atoms with E-state index < -0.39 is 37.4 Å². The normalized spacial score (nSPS) is 15.7. The lowest BCUT2D eigenvalue weighted by Gasteiger charge is -2.19. The number of nitrogens with two attached hydrogens (primary N) is 1. The first-order valence-corrected chi connectivity index (χ1v) is 3.82. The minimum atomic E-state index is -4.74. The Hall–Kier alpha value is -1.12. The molecule has 9 heteroatoms. The number of amidine groups is 1. The van der Waals surface area contributed by atoms with Crippen molar-refractivity contribution in [3.05, 3.63) is 0 Å². The van der Waals surface area contributed by atoms with Crippen LogP contribution < -0.4 is 11.1 Å². The van der Waals surface area contributed by atoms with Crippen molar-refractivity contribution in [2.24, 2.45) is 16.8 Å². The number of nitrogens with one attached hydrogen (secondary N) is 1. The Kier molecular flexibility index (Phi) is 5.26. The second-order valence-electron chi connectivity index (χ2n) is 2.67. The predicted molar refractivity (Wildman–Crippen MR) is 41.8 cm³/mol. The number of rotatable bonds is 5. The highest BCUT2D eigenvalue weighted by Crippen LogP contribution is 2.25. The second kappa shape index (κ2) is 5.69. The van der Waals surface area contributed by atoms with Gasteiger partial charge < -0.3 is 16.3 Å². The third-order valence-electron chi connectivity index (χ3n) is 1.51. The maximum absolute atomic E-state index is 12.2. The van der Waals surface area contributed by atoms with Gasteiger partial charge in [0.2, 0.25) is 0 Å². The number of alkyl halides is 5. The van der Waals surface area contributed by atoms with Gasteiger partial charge in [-0.1, -0.05) is 5.16 Å². The smallest absolute Gasteiger partial charge is 0.400 e. The molecule has 0 aromatic carbocycles. The summed E-state index contributed by atoms with van der Waals surface area (Å²) in [5, 5.41) is 12.1. The van der Waals surface area contributed by atoms with E-state index in [1.165, 1.54) is 0 Å². The van der Waals surface area contributed by atoms with Crippen LogP contribution in [0.3, 0.4) is 0 Å². The first-order chi connectivity index (χ1) is 6.79. The summed E-state index contributed by atoms with van der Waals surface area (Å²) in [5.74, 6) is -3.34. The Labute approximate surface area is 81.9 Å². The van der Waals surface area contributed by atoms with Gasteiger partial charge in [0.1, 0.15) is 5.92 Å². The van der Waals surface area contributed by atoms with E-state index in [2.05, 4.69) is 5.16 Å². The number of hydrogen-bond donors (Lipinski definition) is 3. The standard InChI is InChI=1S/C6H10F5N3O/c7-4(8)2-13-1-3(5(12)14-15)6(9,10)11/h3-4,13,15H,1-2H2,(H2,12,14). The molecule has 0 aliphatic rings. The zero-order valence-corrected chi connectivity index (χ0v) is 7.43. The summed E-state index contributed by atoms with van der Waals surface area (Å²) >= 11 is 0. The van der Waals surface area contributed by atoms with E-state index in [0.29, 0.717) is 0 Å². The van der Waals surface area contributed by atoms with Crippen molar-refractivity contribution in [3.8, 4) is 0 Å². The summed E-state index contributed by atoms with van der Waals surface area (Å²) in [5.41, 5.74) is 4.77. The highest BCUT2D eigenvalue weighted by molar-refractivity contribution is 5.83. The Morgan fingerprint density at radius 1 is 1.33 bits per heavy atom. The van der Waals surface area contributed by atoms with Crippen LogP contribution in [0.2, 0.25) is 0 Å². The van der Waals surface area contributed by atoms with Crippen molar-refractivity contribution in [1.29, 1.82) is 0 Å². The van der Waals surface area contributed by atoms with Crippen molar-refractivity contribution >= 4 is 5.84 Å². The van der Waals surface area contributed by atoms with Gasteiger partial charge in [0.25, 0.3) is 6.43 Å². The molecule has 4 N–H and O–H groups in total. The molecular formula is C6H10F5N3O. The van der Waals surface area contributed by atoms with Crippen LogP contribution in [0.1, 0.15) is 0 Å². The third-order valence-corrected chi connectivity index (χ3v) is 1.51. The molecule has 0 aromatic rings.